The molecule has 0 bridgehead atoms. The Kier molecular flexibility index (Phi) is 12.9. The van der Waals surface area contributed by atoms with Gasteiger partial charge in [-0.2, -0.15) is 0 Å². The third-order valence-corrected chi connectivity index (χ3v) is 8.32. The minimum atomic E-state index is -0.161. The molecule has 1 aliphatic rings. The average Bonchev–Trinajstić information content (AvgIpc) is 3.05. The van der Waals surface area contributed by atoms with Crippen LogP contribution in [0.15, 0.2) is 78.6 Å². The van der Waals surface area contributed by atoms with E-state index >= 15 is 0 Å². The van der Waals surface area contributed by atoms with Crippen molar-refractivity contribution >= 4 is 34.5 Å². The lowest BCUT2D eigenvalue weighted by molar-refractivity contribution is -0.113. The highest BCUT2D eigenvalue weighted by atomic mass is 16.1. The molecule has 7 nitrogen and oxygen atoms in total. The van der Waals surface area contributed by atoms with Gasteiger partial charge >= 0.3 is 0 Å². The molecule has 1 aromatic heterocycles. The molecule has 2 N–H and O–H groups in total. The number of hydrogen-bond acceptors (Lipinski definition) is 6. The van der Waals surface area contributed by atoms with E-state index in [1.54, 1.807) is 6.92 Å². The highest BCUT2D eigenvalue weighted by Crippen LogP contribution is 2.29. The predicted molar refractivity (Wildman–Crippen MR) is 195 cm³/mol. The van der Waals surface area contributed by atoms with Gasteiger partial charge in [0, 0.05) is 50.4 Å². The third-order valence-electron chi connectivity index (χ3n) is 8.32. The first kappa shape index (κ1) is 36.2. The fraction of sp³-hybridized carbons (Fsp3) is 0.410. The van der Waals surface area contributed by atoms with Crippen molar-refractivity contribution in [3.8, 4) is 0 Å². The highest BCUT2D eigenvalue weighted by Gasteiger charge is 2.20. The van der Waals surface area contributed by atoms with Gasteiger partial charge in [0.25, 0.3) is 5.91 Å². The summed E-state index contributed by atoms with van der Waals surface area (Å²) in [4.78, 5) is 35.3. The van der Waals surface area contributed by atoms with Crippen molar-refractivity contribution in [3.63, 3.8) is 0 Å². The van der Waals surface area contributed by atoms with Crippen LogP contribution in [-0.2, 0) is 10.2 Å². The van der Waals surface area contributed by atoms with E-state index in [2.05, 4.69) is 66.1 Å². The van der Waals surface area contributed by atoms with Gasteiger partial charge in [-0.15, -0.1) is 0 Å². The fourth-order valence-corrected chi connectivity index (χ4v) is 5.38. The average molecular weight is 624 g/mol. The molecular formula is C39H53N5O2. The predicted octanol–water partition coefficient (Wildman–Crippen LogP) is 8.48. The van der Waals surface area contributed by atoms with Crippen molar-refractivity contribution in [2.24, 2.45) is 0 Å². The van der Waals surface area contributed by atoms with Crippen LogP contribution < -0.4 is 15.5 Å². The Morgan fingerprint density at radius 3 is 2.09 bits per heavy atom. The van der Waals surface area contributed by atoms with Gasteiger partial charge in [-0.05, 0) is 91.8 Å². The zero-order valence-corrected chi connectivity index (χ0v) is 29.5. The minimum Gasteiger partial charge on any atom is -0.368 e. The number of anilines is 3. The Hall–Kier alpha value is -4.23. The first-order valence-electron chi connectivity index (χ1n) is 16.5. The van der Waals surface area contributed by atoms with E-state index in [0.29, 0.717) is 23.1 Å². The van der Waals surface area contributed by atoms with Crippen molar-refractivity contribution in [1.29, 1.82) is 0 Å². The van der Waals surface area contributed by atoms with Gasteiger partial charge in [0.05, 0.1) is 17.6 Å². The van der Waals surface area contributed by atoms with Crippen molar-refractivity contribution in [3.05, 3.63) is 101 Å². The summed E-state index contributed by atoms with van der Waals surface area (Å²) in [5.41, 5.74) is 6.77. The van der Waals surface area contributed by atoms with Gasteiger partial charge in [0.2, 0.25) is 0 Å². The maximum absolute atomic E-state index is 13.1. The molecule has 7 heteroatoms. The second-order valence-electron chi connectivity index (χ2n) is 12.8. The van der Waals surface area contributed by atoms with Crippen LogP contribution in [0.25, 0.3) is 5.57 Å². The zero-order chi connectivity index (χ0) is 34.0. The van der Waals surface area contributed by atoms with Crippen LogP contribution in [0.1, 0.15) is 89.4 Å². The molecule has 1 amide bonds. The smallest absolute Gasteiger partial charge is 0.255 e. The maximum atomic E-state index is 13.1. The molecule has 0 radical (unpaired) electrons. The third kappa shape index (κ3) is 9.39. The van der Waals surface area contributed by atoms with Crippen LogP contribution in [-0.4, -0.2) is 53.8 Å². The summed E-state index contributed by atoms with van der Waals surface area (Å²) in [5.74, 6) is 0.355. The summed E-state index contributed by atoms with van der Waals surface area (Å²) in [7, 11) is 0. The number of amides is 1. The van der Waals surface area contributed by atoms with Gasteiger partial charge < -0.3 is 15.5 Å². The van der Waals surface area contributed by atoms with Crippen LogP contribution in [0.3, 0.4) is 0 Å². The number of allylic oxidation sites excluding steroid dienone is 4. The lowest BCUT2D eigenvalue weighted by Gasteiger charge is -2.38. The van der Waals surface area contributed by atoms with Crippen molar-refractivity contribution in [2.75, 3.05) is 41.7 Å². The number of rotatable bonds is 9. The molecule has 0 atom stereocenters. The van der Waals surface area contributed by atoms with Gasteiger partial charge in [0.1, 0.15) is 5.82 Å². The van der Waals surface area contributed by atoms with Gasteiger partial charge in [0.15, 0.2) is 5.78 Å². The largest absolute Gasteiger partial charge is 0.368 e. The van der Waals surface area contributed by atoms with Crippen LogP contribution >= 0.6 is 0 Å². The maximum Gasteiger partial charge on any atom is 0.255 e. The normalized spacial score (nSPS) is 14.5. The number of benzene rings is 2. The Bertz CT molecular complexity index is 1520. The molecule has 3 aromatic rings. The summed E-state index contributed by atoms with van der Waals surface area (Å²) in [5, 5.41) is 6.31. The second-order valence-corrected chi connectivity index (χ2v) is 12.8. The lowest BCUT2D eigenvalue weighted by Crippen LogP contribution is -2.48. The number of nitrogens with one attached hydrogen (secondary N) is 2. The first-order chi connectivity index (χ1) is 21.9. The fourth-order valence-electron chi connectivity index (χ4n) is 5.38. The van der Waals surface area contributed by atoms with E-state index in [0.717, 1.165) is 54.3 Å². The zero-order valence-electron chi connectivity index (χ0n) is 29.5. The molecule has 0 saturated carbocycles. The topological polar surface area (TPSA) is 77.6 Å². The summed E-state index contributed by atoms with van der Waals surface area (Å²) in [6.45, 7) is 24.4. The summed E-state index contributed by atoms with van der Waals surface area (Å²) < 4.78 is 0. The Morgan fingerprint density at radius 1 is 0.913 bits per heavy atom. The molecule has 246 valence electrons. The molecule has 1 saturated heterocycles. The summed E-state index contributed by atoms with van der Waals surface area (Å²) >= 11 is 0. The Balaban J connectivity index is 0.00000282. The lowest BCUT2D eigenvalue weighted by atomic mass is 9.86. The quantitative estimate of drug-likeness (QED) is 0.184. The minimum absolute atomic E-state index is 0.0205. The molecule has 2 heterocycles. The molecule has 0 spiro atoms. The number of carbonyl (C=O) groups excluding carboxylic acids is 2. The number of carbonyl (C=O) groups is 2. The van der Waals surface area contributed by atoms with Crippen LogP contribution in [0.4, 0.5) is 17.2 Å². The molecule has 1 aliphatic heterocycles. The van der Waals surface area contributed by atoms with E-state index in [4.69, 9.17) is 0 Å². The van der Waals surface area contributed by atoms with Gasteiger partial charge in [-0.3, -0.25) is 14.5 Å². The number of pyridine rings is 1. The Morgan fingerprint density at radius 2 is 1.57 bits per heavy atom. The van der Waals surface area contributed by atoms with E-state index < -0.39 is 0 Å². The molecule has 46 heavy (non-hydrogen) atoms. The molecule has 2 aromatic carbocycles. The van der Waals surface area contributed by atoms with Crippen LogP contribution in [0.2, 0.25) is 0 Å². The molecule has 0 unspecified atom stereocenters. The SMILES string of the molecule is C/C=C(\C=C(\Nc1ccc(N2CCN(C(C)C)CC2)cn1)C(C)=O)c1cccc(NC(=O)c2ccc(C(C)(C)C)cc2)c1C.CC. The van der Waals surface area contributed by atoms with Gasteiger partial charge in [-0.25, -0.2) is 4.98 Å². The first-order valence-corrected chi connectivity index (χ1v) is 16.5. The molecule has 4 rings (SSSR count). The van der Waals surface area contributed by atoms with E-state index in [1.165, 1.54) is 5.56 Å². The molecule has 0 aliphatic carbocycles. The standard InChI is InChI=1S/C37H47N5O2.C2H6/c1-9-28(32-11-10-12-33(26(32)4)40-36(44)29-13-15-30(16-14-29)37(6,7)8)23-34(27(5)43)39-35-18-17-31(24-38-35)42-21-19-41(20-22-42)25(2)3;1-2/h9-18,23-25H,19-22H2,1-8H3,(H,38,39)(H,40,44);1-2H3/b28-9+,34-23+;. The molecular weight excluding hydrogens is 570 g/mol. The number of ketones is 1. The van der Waals surface area contributed by atoms with Crippen molar-refractivity contribution < 1.29 is 9.59 Å². The van der Waals surface area contributed by atoms with Crippen LogP contribution in [0.5, 0.6) is 0 Å². The van der Waals surface area contributed by atoms with E-state index in [9.17, 15) is 9.59 Å². The van der Waals surface area contributed by atoms with Crippen molar-refractivity contribution in [2.45, 2.75) is 80.7 Å². The van der Waals surface area contributed by atoms with Crippen molar-refractivity contribution in [1.82, 2.24) is 9.88 Å². The monoisotopic (exact) mass is 623 g/mol. The number of Topliss-reactive ketones (excluding diaryl/α,β-unsaturated/α-hetero) is 1. The number of hydrogen-bond donors (Lipinski definition) is 2. The summed E-state index contributed by atoms with van der Waals surface area (Å²) in [6, 6.07) is 18.1. The van der Waals surface area contributed by atoms with Crippen LogP contribution in [0, 0.1) is 6.92 Å². The van der Waals surface area contributed by atoms with E-state index in [1.807, 2.05) is 94.6 Å². The second kappa shape index (κ2) is 16.4. The number of aromatic nitrogens is 1. The van der Waals surface area contributed by atoms with Gasteiger partial charge in [-0.1, -0.05) is 65.0 Å². The van der Waals surface area contributed by atoms with E-state index in [-0.39, 0.29) is 17.1 Å². The molecule has 1 fully saturated rings. The Labute approximate surface area is 276 Å². The number of nitrogens with zero attached hydrogens (tertiary/aromatic N) is 3. The highest BCUT2D eigenvalue weighted by molar-refractivity contribution is 6.05. The summed E-state index contributed by atoms with van der Waals surface area (Å²) in [6.07, 6.45) is 5.69. The number of piperazine rings is 1.